The summed E-state index contributed by atoms with van der Waals surface area (Å²) in [6.07, 6.45) is 1.67. The van der Waals surface area contributed by atoms with Gasteiger partial charge in [-0.25, -0.2) is 0 Å². The second kappa shape index (κ2) is 8.11. The fourth-order valence-corrected chi connectivity index (χ4v) is 2.62. The molecule has 2 aromatic carbocycles. The van der Waals surface area contributed by atoms with Crippen molar-refractivity contribution in [3.05, 3.63) is 78.7 Å². The minimum Gasteiger partial charge on any atom is -0.387 e. The molecule has 26 heavy (non-hydrogen) atoms. The van der Waals surface area contributed by atoms with Crippen LogP contribution in [-0.4, -0.2) is 34.5 Å². The summed E-state index contributed by atoms with van der Waals surface area (Å²) in [6, 6.07) is 16.9. The third kappa shape index (κ3) is 3.80. The van der Waals surface area contributed by atoms with Gasteiger partial charge in [-0.3, -0.25) is 4.79 Å². The monoisotopic (exact) mass is 348 g/mol. The fraction of sp³-hybridized carbons (Fsp3) is 0.150. The van der Waals surface area contributed by atoms with E-state index in [0.717, 1.165) is 11.3 Å². The molecule has 6 heteroatoms. The molecule has 3 rings (SSSR count). The SMILES string of the molecule is C=CCN(Cc1nc(-c2ccccc2)no1)C(=O)c1ccccc1NC. The van der Waals surface area contributed by atoms with E-state index in [0.29, 0.717) is 23.8 Å². The molecular formula is C20H20N4O2. The van der Waals surface area contributed by atoms with Crippen molar-refractivity contribution in [2.45, 2.75) is 6.54 Å². The summed E-state index contributed by atoms with van der Waals surface area (Å²) >= 11 is 0. The van der Waals surface area contributed by atoms with Crippen molar-refractivity contribution >= 4 is 11.6 Å². The van der Waals surface area contributed by atoms with E-state index in [1.54, 1.807) is 24.1 Å². The first-order chi connectivity index (χ1) is 12.7. The van der Waals surface area contributed by atoms with E-state index in [9.17, 15) is 4.79 Å². The van der Waals surface area contributed by atoms with Gasteiger partial charge in [-0.1, -0.05) is 53.7 Å². The van der Waals surface area contributed by atoms with Crippen molar-refractivity contribution in [3.8, 4) is 11.4 Å². The Labute approximate surface area is 152 Å². The zero-order chi connectivity index (χ0) is 18.4. The fourth-order valence-electron chi connectivity index (χ4n) is 2.62. The van der Waals surface area contributed by atoms with Crippen LogP contribution < -0.4 is 5.32 Å². The minimum atomic E-state index is -0.130. The summed E-state index contributed by atoms with van der Waals surface area (Å²) in [6.45, 7) is 4.32. The van der Waals surface area contributed by atoms with E-state index < -0.39 is 0 Å². The number of para-hydroxylation sites is 1. The molecule has 0 saturated carbocycles. The number of carbonyl (C=O) groups excluding carboxylic acids is 1. The molecule has 1 aromatic heterocycles. The van der Waals surface area contributed by atoms with Crippen molar-refractivity contribution < 1.29 is 9.32 Å². The molecule has 0 unspecified atom stereocenters. The number of benzene rings is 2. The topological polar surface area (TPSA) is 71.3 Å². The van der Waals surface area contributed by atoms with Gasteiger partial charge in [0.15, 0.2) is 0 Å². The lowest BCUT2D eigenvalue weighted by Crippen LogP contribution is -2.31. The van der Waals surface area contributed by atoms with Crippen molar-refractivity contribution in [2.75, 3.05) is 18.9 Å². The number of hydrogen-bond donors (Lipinski definition) is 1. The van der Waals surface area contributed by atoms with Crippen molar-refractivity contribution in [3.63, 3.8) is 0 Å². The first-order valence-corrected chi connectivity index (χ1v) is 8.28. The molecule has 0 aliphatic rings. The number of rotatable bonds is 7. The van der Waals surface area contributed by atoms with Crippen LogP contribution in [0.3, 0.4) is 0 Å². The molecule has 0 bridgehead atoms. The largest absolute Gasteiger partial charge is 0.387 e. The molecule has 1 heterocycles. The van der Waals surface area contributed by atoms with Gasteiger partial charge in [0.2, 0.25) is 11.7 Å². The van der Waals surface area contributed by atoms with Gasteiger partial charge in [0.1, 0.15) is 6.54 Å². The third-order valence-electron chi connectivity index (χ3n) is 3.89. The maximum absolute atomic E-state index is 12.9. The molecule has 0 aliphatic carbocycles. The smallest absolute Gasteiger partial charge is 0.256 e. The summed E-state index contributed by atoms with van der Waals surface area (Å²) in [5, 5.41) is 7.04. The number of carbonyl (C=O) groups is 1. The first-order valence-electron chi connectivity index (χ1n) is 8.28. The Morgan fingerprint density at radius 3 is 2.65 bits per heavy atom. The van der Waals surface area contributed by atoms with E-state index in [2.05, 4.69) is 22.0 Å². The van der Waals surface area contributed by atoms with E-state index >= 15 is 0 Å². The molecular weight excluding hydrogens is 328 g/mol. The normalized spacial score (nSPS) is 10.3. The number of aromatic nitrogens is 2. The van der Waals surface area contributed by atoms with Crippen LogP contribution in [0.1, 0.15) is 16.2 Å². The molecule has 0 spiro atoms. The second-order valence-electron chi connectivity index (χ2n) is 5.65. The molecule has 6 nitrogen and oxygen atoms in total. The van der Waals surface area contributed by atoms with Gasteiger partial charge in [-0.05, 0) is 12.1 Å². The van der Waals surface area contributed by atoms with Crippen LogP contribution in [-0.2, 0) is 6.54 Å². The Bertz CT molecular complexity index is 890. The van der Waals surface area contributed by atoms with Gasteiger partial charge in [-0.15, -0.1) is 6.58 Å². The Morgan fingerprint density at radius 2 is 1.92 bits per heavy atom. The van der Waals surface area contributed by atoms with Crippen LogP contribution in [0.5, 0.6) is 0 Å². The standard InChI is InChI=1S/C20H20N4O2/c1-3-13-24(20(25)16-11-7-8-12-17(16)21-2)14-18-22-19(23-26-18)15-9-5-4-6-10-15/h3-12,21H,1,13-14H2,2H3. The number of amides is 1. The molecule has 0 radical (unpaired) electrons. The van der Waals surface area contributed by atoms with E-state index in [1.807, 2.05) is 48.5 Å². The highest BCUT2D eigenvalue weighted by Crippen LogP contribution is 2.19. The van der Waals surface area contributed by atoms with E-state index in [-0.39, 0.29) is 12.5 Å². The molecule has 3 aromatic rings. The van der Waals surface area contributed by atoms with Gasteiger partial charge >= 0.3 is 0 Å². The minimum absolute atomic E-state index is 0.130. The van der Waals surface area contributed by atoms with Crippen molar-refractivity contribution in [2.24, 2.45) is 0 Å². The Hall–Kier alpha value is -3.41. The Balaban J connectivity index is 1.82. The highest BCUT2D eigenvalue weighted by molar-refractivity contribution is 5.99. The number of anilines is 1. The van der Waals surface area contributed by atoms with Crippen LogP contribution in [0.15, 0.2) is 71.8 Å². The molecule has 0 atom stereocenters. The summed E-state index contributed by atoms with van der Waals surface area (Å²) in [7, 11) is 1.79. The summed E-state index contributed by atoms with van der Waals surface area (Å²) in [4.78, 5) is 19.0. The maximum atomic E-state index is 12.9. The summed E-state index contributed by atoms with van der Waals surface area (Å²) < 4.78 is 5.33. The highest BCUT2D eigenvalue weighted by Gasteiger charge is 2.20. The summed E-state index contributed by atoms with van der Waals surface area (Å²) in [5.41, 5.74) is 2.21. The van der Waals surface area contributed by atoms with Gasteiger partial charge in [0.05, 0.1) is 5.56 Å². The zero-order valence-corrected chi connectivity index (χ0v) is 14.6. The lowest BCUT2D eigenvalue weighted by molar-refractivity contribution is 0.0746. The molecule has 0 saturated heterocycles. The van der Waals surface area contributed by atoms with Crippen molar-refractivity contribution in [1.29, 1.82) is 0 Å². The van der Waals surface area contributed by atoms with Gasteiger partial charge < -0.3 is 14.7 Å². The lowest BCUT2D eigenvalue weighted by atomic mass is 10.1. The van der Waals surface area contributed by atoms with E-state index in [1.165, 1.54) is 0 Å². The highest BCUT2D eigenvalue weighted by atomic mass is 16.5. The predicted molar refractivity (Wildman–Crippen MR) is 101 cm³/mol. The quantitative estimate of drug-likeness (QED) is 0.661. The molecule has 1 amide bonds. The average molecular weight is 348 g/mol. The molecule has 0 fully saturated rings. The van der Waals surface area contributed by atoms with Crippen LogP contribution in [0, 0.1) is 0 Å². The predicted octanol–water partition coefficient (Wildman–Crippen LogP) is 3.61. The van der Waals surface area contributed by atoms with Crippen LogP contribution >= 0.6 is 0 Å². The van der Waals surface area contributed by atoms with E-state index in [4.69, 9.17) is 4.52 Å². The van der Waals surface area contributed by atoms with Crippen LogP contribution in [0.25, 0.3) is 11.4 Å². The third-order valence-corrected chi connectivity index (χ3v) is 3.89. The zero-order valence-electron chi connectivity index (χ0n) is 14.6. The number of nitrogens with zero attached hydrogens (tertiary/aromatic N) is 3. The first kappa shape index (κ1) is 17.4. The van der Waals surface area contributed by atoms with Gasteiger partial charge in [-0.2, -0.15) is 4.98 Å². The van der Waals surface area contributed by atoms with Crippen LogP contribution in [0.2, 0.25) is 0 Å². The average Bonchev–Trinajstić information content (AvgIpc) is 3.16. The Kier molecular flexibility index (Phi) is 5.43. The number of hydrogen-bond acceptors (Lipinski definition) is 5. The second-order valence-corrected chi connectivity index (χ2v) is 5.65. The van der Waals surface area contributed by atoms with Crippen LogP contribution in [0.4, 0.5) is 5.69 Å². The molecule has 0 aliphatic heterocycles. The molecule has 132 valence electrons. The number of nitrogens with one attached hydrogen (secondary N) is 1. The lowest BCUT2D eigenvalue weighted by Gasteiger charge is -2.20. The Morgan fingerprint density at radius 1 is 1.19 bits per heavy atom. The summed E-state index contributed by atoms with van der Waals surface area (Å²) in [5.74, 6) is 0.748. The van der Waals surface area contributed by atoms with Gasteiger partial charge in [0, 0.05) is 24.8 Å². The molecule has 1 N–H and O–H groups in total. The maximum Gasteiger partial charge on any atom is 0.256 e. The van der Waals surface area contributed by atoms with Crippen molar-refractivity contribution in [1.82, 2.24) is 15.0 Å². The van der Waals surface area contributed by atoms with Gasteiger partial charge in [0.25, 0.3) is 5.91 Å².